The van der Waals surface area contributed by atoms with E-state index in [4.69, 9.17) is 0 Å². The van der Waals surface area contributed by atoms with Crippen molar-refractivity contribution in [2.75, 3.05) is 12.4 Å². The Morgan fingerprint density at radius 2 is 1.87 bits per heavy atom. The number of carbonyl (C=O) groups excluding carboxylic acids is 2. The Hall–Kier alpha value is -3.08. The summed E-state index contributed by atoms with van der Waals surface area (Å²) in [6, 6.07) is 14.1. The molecule has 0 spiro atoms. The van der Waals surface area contributed by atoms with Gasteiger partial charge in [-0.1, -0.05) is 35.9 Å². The van der Waals surface area contributed by atoms with Crippen molar-refractivity contribution in [1.29, 1.82) is 0 Å². The molecule has 0 heterocycles. The number of hydrogen-bond donors (Lipinski definition) is 2. The lowest BCUT2D eigenvalue weighted by Crippen LogP contribution is -2.23. The van der Waals surface area contributed by atoms with Crippen LogP contribution >= 0.6 is 0 Å². The number of benzene rings is 2. The molecule has 5 nitrogen and oxygen atoms in total. The molecule has 0 unspecified atom stereocenters. The number of amides is 2. The van der Waals surface area contributed by atoms with E-state index >= 15 is 0 Å². The fraction of sp³-hybridized carbons (Fsp3) is 0.111. The largest absolute Gasteiger partial charge is 0.465 e. The molecular weight excluding hydrogens is 292 g/mol. The van der Waals surface area contributed by atoms with Crippen LogP contribution in [0.3, 0.4) is 0 Å². The third-order valence-corrected chi connectivity index (χ3v) is 3.07. The fourth-order valence-electron chi connectivity index (χ4n) is 2.00. The lowest BCUT2D eigenvalue weighted by Gasteiger charge is -2.06. The van der Waals surface area contributed by atoms with Crippen LogP contribution in [0.5, 0.6) is 0 Å². The molecule has 0 saturated heterocycles. The average molecular weight is 310 g/mol. The number of rotatable bonds is 4. The number of ether oxygens (including phenoxy) is 1. The maximum atomic E-state index is 11.8. The molecular formula is C18H18N2O3. The summed E-state index contributed by atoms with van der Waals surface area (Å²) in [4.78, 5) is 23.3. The molecule has 0 saturated carbocycles. The van der Waals surface area contributed by atoms with Crippen LogP contribution in [0.2, 0.25) is 0 Å². The molecule has 118 valence electrons. The Labute approximate surface area is 135 Å². The summed E-state index contributed by atoms with van der Waals surface area (Å²) in [6.07, 6.45) is 3.37. The van der Waals surface area contributed by atoms with Crippen LogP contribution in [-0.2, 0) is 4.74 Å². The van der Waals surface area contributed by atoms with Gasteiger partial charge in [0.15, 0.2) is 0 Å². The first-order valence-corrected chi connectivity index (χ1v) is 7.07. The molecule has 2 amide bonds. The molecule has 2 N–H and O–H groups in total. The van der Waals surface area contributed by atoms with Crippen molar-refractivity contribution in [1.82, 2.24) is 5.32 Å². The van der Waals surface area contributed by atoms with Gasteiger partial charge in [0.25, 0.3) is 0 Å². The van der Waals surface area contributed by atoms with Crippen molar-refractivity contribution in [3.8, 4) is 0 Å². The molecule has 23 heavy (non-hydrogen) atoms. The number of nitrogens with one attached hydrogen (secondary N) is 2. The molecule has 0 aliphatic rings. The van der Waals surface area contributed by atoms with Crippen LogP contribution in [0.1, 0.15) is 21.5 Å². The Balaban J connectivity index is 1.93. The van der Waals surface area contributed by atoms with Gasteiger partial charge in [0, 0.05) is 11.9 Å². The zero-order valence-corrected chi connectivity index (χ0v) is 13.0. The van der Waals surface area contributed by atoms with Gasteiger partial charge in [-0.05, 0) is 36.8 Å². The second-order valence-corrected chi connectivity index (χ2v) is 4.92. The van der Waals surface area contributed by atoms with E-state index in [0.717, 1.165) is 11.1 Å². The zero-order chi connectivity index (χ0) is 16.7. The third-order valence-electron chi connectivity index (χ3n) is 3.07. The van der Waals surface area contributed by atoms with Gasteiger partial charge in [-0.25, -0.2) is 9.59 Å². The van der Waals surface area contributed by atoms with E-state index in [1.165, 1.54) is 7.11 Å². The summed E-state index contributed by atoms with van der Waals surface area (Å²) in [5, 5.41) is 5.26. The number of carbonyl (C=O) groups is 2. The Bertz CT molecular complexity index is 739. The summed E-state index contributed by atoms with van der Waals surface area (Å²) in [5.41, 5.74) is 3.03. The van der Waals surface area contributed by atoms with Crippen molar-refractivity contribution in [3.63, 3.8) is 0 Å². The summed E-state index contributed by atoms with van der Waals surface area (Å²) in [5.74, 6) is -0.451. The fourth-order valence-corrected chi connectivity index (χ4v) is 2.00. The first-order valence-electron chi connectivity index (χ1n) is 7.07. The standard InChI is InChI=1S/C18H18N2O3/c1-13-5-3-6-14(11-13)9-10-19-18(22)20-16-8-4-7-15(12-16)17(21)23-2/h3-12H,1-2H3,(H2,19,20,22)/b10-9+. The number of aryl methyl sites for hydroxylation is 1. The summed E-state index contributed by atoms with van der Waals surface area (Å²) < 4.78 is 4.64. The summed E-state index contributed by atoms with van der Waals surface area (Å²) in [6.45, 7) is 2.01. The molecule has 5 heteroatoms. The second-order valence-electron chi connectivity index (χ2n) is 4.92. The maximum Gasteiger partial charge on any atom is 0.337 e. The van der Waals surface area contributed by atoms with Crippen molar-refractivity contribution in [3.05, 3.63) is 71.4 Å². The Morgan fingerprint density at radius 1 is 1.09 bits per heavy atom. The van der Waals surface area contributed by atoms with E-state index in [-0.39, 0.29) is 0 Å². The van der Waals surface area contributed by atoms with Gasteiger partial charge >= 0.3 is 12.0 Å². The molecule has 2 aromatic carbocycles. The quantitative estimate of drug-likeness (QED) is 0.848. The van der Waals surface area contributed by atoms with Crippen molar-refractivity contribution in [2.24, 2.45) is 0 Å². The first-order chi connectivity index (χ1) is 11.1. The highest BCUT2D eigenvalue weighted by Crippen LogP contribution is 2.11. The SMILES string of the molecule is COC(=O)c1cccc(NC(=O)N/C=C/c2cccc(C)c2)c1. The molecule has 0 radical (unpaired) electrons. The number of urea groups is 1. The number of methoxy groups -OCH3 is 1. The topological polar surface area (TPSA) is 67.4 Å². The molecule has 0 aromatic heterocycles. The van der Waals surface area contributed by atoms with E-state index in [1.54, 1.807) is 36.5 Å². The molecule has 0 fully saturated rings. The minimum Gasteiger partial charge on any atom is -0.465 e. The van der Waals surface area contributed by atoms with E-state index < -0.39 is 12.0 Å². The van der Waals surface area contributed by atoms with Crippen molar-refractivity contribution in [2.45, 2.75) is 6.92 Å². The smallest absolute Gasteiger partial charge is 0.337 e. The van der Waals surface area contributed by atoms with Crippen molar-refractivity contribution >= 4 is 23.8 Å². The first kappa shape index (κ1) is 16.3. The van der Waals surface area contributed by atoms with E-state index in [9.17, 15) is 9.59 Å². The van der Waals surface area contributed by atoms with Crippen LogP contribution in [-0.4, -0.2) is 19.1 Å². The minimum absolute atomic E-state index is 0.376. The van der Waals surface area contributed by atoms with Gasteiger partial charge in [-0.3, -0.25) is 0 Å². The number of hydrogen-bond acceptors (Lipinski definition) is 3. The van der Waals surface area contributed by atoms with Crippen LogP contribution < -0.4 is 10.6 Å². The van der Waals surface area contributed by atoms with Crippen LogP contribution in [0.25, 0.3) is 6.08 Å². The predicted molar refractivity (Wildman–Crippen MR) is 90.1 cm³/mol. The van der Waals surface area contributed by atoms with Gasteiger partial charge in [0.2, 0.25) is 0 Å². The highest BCUT2D eigenvalue weighted by molar-refractivity contribution is 5.94. The van der Waals surface area contributed by atoms with E-state index in [2.05, 4.69) is 15.4 Å². The predicted octanol–water partition coefficient (Wildman–Crippen LogP) is 3.57. The normalized spacial score (nSPS) is 10.3. The maximum absolute atomic E-state index is 11.8. The van der Waals surface area contributed by atoms with Gasteiger partial charge in [0.1, 0.15) is 0 Å². The summed E-state index contributed by atoms with van der Waals surface area (Å²) >= 11 is 0. The number of esters is 1. The van der Waals surface area contributed by atoms with Gasteiger partial charge in [0.05, 0.1) is 12.7 Å². The zero-order valence-electron chi connectivity index (χ0n) is 13.0. The molecule has 0 atom stereocenters. The van der Waals surface area contributed by atoms with Crippen LogP contribution in [0, 0.1) is 6.92 Å². The van der Waals surface area contributed by atoms with E-state index in [1.807, 2.05) is 31.2 Å². The van der Waals surface area contributed by atoms with Gasteiger partial charge in [-0.15, -0.1) is 0 Å². The van der Waals surface area contributed by atoms with Crippen LogP contribution in [0.4, 0.5) is 10.5 Å². The monoisotopic (exact) mass is 310 g/mol. The average Bonchev–Trinajstić information content (AvgIpc) is 2.54. The lowest BCUT2D eigenvalue weighted by atomic mass is 10.1. The van der Waals surface area contributed by atoms with Gasteiger partial charge < -0.3 is 15.4 Å². The Kier molecular flexibility index (Phi) is 5.52. The van der Waals surface area contributed by atoms with Crippen LogP contribution in [0.15, 0.2) is 54.7 Å². The Morgan fingerprint density at radius 3 is 2.61 bits per heavy atom. The third kappa shape index (κ3) is 5.00. The van der Waals surface area contributed by atoms with Gasteiger partial charge in [-0.2, -0.15) is 0 Å². The molecule has 0 aliphatic heterocycles. The molecule has 0 bridgehead atoms. The number of anilines is 1. The van der Waals surface area contributed by atoms with E-state index in [0.29, 0.717) is 11.3 Å². The second kappa shape index (κ2) is 7.79. The molecule has 0 aliphatic carbocycles. The highest BCUT2D eigenvalue weighted by atomic mass is 16.5. The van der Waals surface area contributed by atoms with Crippen molar-refractivity contribution < 1.29 is 14.3 Å². The molecule has 2 aromatic rings. The highest BCUT2D eigenvalue weighted by Gasteiger charge is 2.06. The summed E-state index contributed by atoms with van der Waals surface area (Å²) in [7, 11) is 1.31. The lowest BCUT2D eigenvalue weighted by molar-refractivity contribution is 0.0600. The molecule has 2 rings (SSSR count). The minimum atomic E-state index is -0.451.